The Hall–Kier alpha value is -3.87. The molecule has 436 valence electrons. The van der Waals surface area contributed by atoms with Crippen LogP contribution in [0.2, 0.25) is 0 Å². The lowest BCUT2D eigenvalue weighted by atomic mass is 9.98. The zero-order valence-electron chi connectivity index (χ0n) is 46.6. The molecule has 0 aromatic carbocycles. The fourth-order valence-corrected chi connectivity index (χ4v) is 8.09. The standard InChI is InChI=1S/C63H100O14/c1-3-5-7-9-11-13-15-17-19-21-23-25-26-27-28-30-32-34-36-38-40-42-44-46-55(65)75-52(49-72-47-45-43-41-39-37-35-33-31-29-24-22-20-18-16-14-12-10-8-6-4-2)50-73-62-61(71)59(69)57(67)54(77-62)51-74-63-60(70)58(68)56(66)53(48-64)76-63/h5-8,11-14,17-20,23-25,27-29,32,34,38,40,52-54,56-64,66-71H,3-4,9-10,15-16,21-22,26,30-31,33,35-37,39,41-51H2,1-2H3/b7-5-,8-6-,13-11-,14-12-,19-17-,20-18-,25-23-,28-27-,29-24-,34-32-,40-38-. The number of rotatable bonds is 44. The summed E-state index contributed by atoms with van der Waals surface area (Å²) in [4.78, 5) is 13.1. The predicted octanol–water partition coefficient (Wildman–Crippen LogP) is 10.3. The smallest absolute Gasteiger partial charge is 0.306 e. The van der Waals surface area contributed by atoms with Crippen LogP contribution in [-0.2, 0) is 33.2 Å². The molecule has 2 aliphatic rings. The summed E-state index contributed by atoms with van der Waals surface area (Å²) in [6, 6.07) is 0. The molecule has 0 bridgehead atoms. The number of esters is 1. The summed E-state index contributed by atoms with van der Waals surface area (Å²) in [5.41, 5.74) is 0. The molecule has 2 heterocycles. The minimum Gasteiger partial charge on any atom is -0.457 e. The molecule has 0 aromatic rings. The van der Waals surface area contributed by atoms with Crippen molar-refractivity contribution >= 4 is 5.97 Å². The van der Waals surface area contributed by atoms with E-state index in [1.54, 1.807) is 0 Å². The van der Waals surface area contributed by atoms with Crippen LogP contribution in [0.25, 0.3) is 0 Å². The summed E-state index contributed by atoms with van der Waals surface area (Å²) in [7, 11) is 0. The zero-order chi connectivity index (χ0) is 55.8. The number of hydrogen-bond acceptors (Lipinski definition) is 14. The Labute approximate surface area is 462 Å². The largest absolute Gasteiger partial charge is 0.457 e. The third-order valence-electron chi connectivity index (χ3n) is 12.7. The molecule has 0 saturated carbocycles. The van der Waals surface area contributed by atoms with Crippen LogP contribution in [0.4, 0.5) is 0 Å². The van der Waals surface area contributed by atoms with E-state index in [9.17, 15) is 40.5 Å². The molecule has 0 aliphatic carbocycles. The summed E-state index contributed by atoms with van der Waals surface area (Å²) < 4.78 is 34.3. The fourth-order valence-electron chi connectivity index (χ4n) is 8.09. The number of allylic oxidation sites excluding steroid dienone is 22. The summed E-state index contributed by atoms with van der Waals surface area (Å²) in [6.45, 7) is 3.33. The molecule has 2 aliphatic heterocycles. The van der Waals surface area contributed by atoms with E-state index >= 15 is 0 Å². The number of carbonyl (C=O) groups excluding carboxylic acids is 1. The molecule has 2 rings (SSSR count). The first-order valence-electron chi connectivity index (χ1n) is 28.8. The maximum Gasteiger partial charge on any atom is 0.306 e. The van der Waals surface area contributed by atoms with E-state index in [-0.39, 0.29) is 19.6 Å². The molecule has 14 heteroatoms. The van der Waals surface area contributed by atoms with Crippen molar-refractivity contribution in [1.82, 2.24) is 0 Å². The van der Waals surface area contributed by atoms with E-state index in [0.29, 0.717) is 19.4 Å². The van der Waals surface area contributed by atoms with Crippen LogP contribution in [0.3, 0.4) is 0 Å². The van der Waals surface area contributed by atoms with E-state index < -0.39 is 86.7 Å². The van der Waals surface area contributed by atoms with Gasteiger partial charge >= 0.3 is 5.97 Å². The highest BCUT2D eigenvalue weighted by Gasteiger charge is 2.47. The summed E-state index contributed by atoms with van der Waals surface area (Å²) >= 11 is 0. The van der Waals surface area contributed by atoms with E-state index in [0.717, 1.165) is 103 Å². The second-order valence-electron chi connectivity index (χ2n) is 19.3. The van der Waals surface area contributed by atoms with Crippen LogP contribution in [-0.4, -0.2) is 142 Å². The second kappa shape index (κ2) is 48.1. The number of aliphatic hydroxyl groups is 7. The lowest BCUT2D eigenvalue weighted by molar-refractivity contribution is -0.332. The zero-order valence-corrected chi connectivity index (χ0v) is 46.6. The molecule has 0 radical (unpaired) electrons. The number of hydrogen-bond donors (Lipinski definition) is 7. The van der Waals surface area contributed by atoms with E-state index in [2.05, 4.69) is 141 Å². The van der Waals surface area contributed by atoms with Crippen LogP contribution in [0.5, 0.6) is 0 Å². The highest BCUT2D eigenvalue weighted by atomic mass is 16.7. The highest BCUT2D eigenvalue weighted by molar-refractivity contribution is 5.69. The molecule has 2 saturated heterocycles. The van der Waals surface area contributed by atoms with Crippen molar-refractivity contribution in [2.45, 2.75) is 223 Å². The number of aliphatic hydroxyl groups excluding tert-OH is 7. The first-order valence-corrected chi connectivity index (χ1v) is 28.8. The molecule has 2 fully saturated rings. The monoisotopic (exact) mass is 1080 g/mol. The van der Waals surface area contributed by atoms with Crippen molar-refractivity contribution in [3.63, 3.8) is 0 Å². The van der Waals surface area contributed by atoms with Crippen molar-refractivity contribution in [3.05, 3.63) is 134 Å². The van der Waals surface area contributed by atoms with E-state index in [4.69, 9.17) is 28.4 Å². The van der Waals surface area contributed by atoms with Crippen molar-refractivity contribution in [2.75, 3.05) is 33.0 Å². The first-order chi connectivity index (χ1) is 37.6. The normalized spacial score (nSPS) is 25.3. The third kappa shape index (κ3) is 34.7. The average Bonchev–Trinajstić information content (AvgIpc) is 3.43. The minimum atomic E-state index is -1.73. The Morgan fingerprint density at radius 2 is 0.805 bits per heavy atom. The molecule has 11 atom stereocenters. The average molecular weight is 1080 g/mol. The van der Waals surface area contributed by atoms with Gasteiger partial charge in [0.15, 0.2) is 12.6 Å². The highest BCUT2D eigenvalue weighted by Crippen LogP contribution is 2.26. The minimum absolute atomic E-state index is 0.0204. The molecular formula is C63H100O14. The van der Waals surface area contributed by atoms with Gasteiger partial charge in [0, 0.05) is 13.0 Å². The Morgan fingerprint density at radius 3 is 1.26 bits per heavy atom. The maximum atomic E-state index is 13.1. The van der Waals surface area contributed by atoms with Crippen molar-refractivity contribution in [3.8, 4) is 0 Å². The number of carbonyl (C=O) groups is 1. The third-order valence-corrected chi connectivity index (χ3v) is 12.7. The summed E-state index contributed by atoms with van der Waals surface area (Å²) in [5.74, 6) is -0.444. The van der Waals surface area contributed by atoms with Crippen LogP contribution in [0.15, 0.2) is 134 Å². The molecule has 7 N–H and O–H groups in total. The molecule has 0 aromatic heterocycles. The van der Waals surface area contributed by atoms with Gasteiger partial charge < -0.3 is 64.2 Å². The topological polar surface area (TPSA) is 214 Å². The van der Waals surface area contributed by atoms with Gasteiger partial charge in [0.1, 0.15) is 54.9 Å². The van der Waals surface area contributed by atoms with Gasteiger partial charge in [-0.3, -0.25) is 4.79 Å². The lowest BCUT2D eigenvalue weighted by Gasteiger charge is -2.42. The van der Waals surface area contributed by atoms with Gasteiger partial charge in [-0.05, 0) is 103 Å². The molecule has 77 heavy (non-hydrogen) atoms. The van der Waals surface area contributed by atoms with E-state index in [1.165, 1.54) is 19.3 Å². The van der Waals surface area contributed by atoms with Gasteiger partial charge in [-0.25, -0.2) is 0 Å². The van der Waals surface area contributed by atoms with Gasteiger partial charge in [0.25, 0.3) is 0 Å². The first kappa shape index (κ1) is 69.2. The Kier molecular flexibility index (Phi) is 43.2. The van der Waals surface area contributed by atoms with Gasteiger partial charge in [-0.1, -0.05) is 180 Å². The quantitative estimate of drug-likeness (QED) is 0.0172. The Bertz CT molecular complexity index is 1780. The van der Waals surface area contributed by atoms with Gasteiger partial charge in [0.2, 0.25) is 0 Å². The van der Waals surface area contributed by atoms with Crippen LogP contribution in [0.1, 0.15) is 155 Å². The second-order valence-corrected chi connectivity index (χ2v) is 19.3. The summed E-state index contributed by atoms with van der Waals surface area (Å²) in [5, 5.41) is 72.4. The van der Waals surface area contributed by atoms with E-state index in [1.807, 2.05) is 6.08 Å². The molecule has 14 nitrogen and oxygen atoms in total. The Balaban J connectivity index is 1.77. The van der Waals surface area contributed by atoms with Gasteiger partial charge in [-0.2, -0.15) is 0 Å². The van der Waals surface area contributed by atoms with Crippen molar-refractivity contribution < 1.29 is 69.0 Å². The molecule has 0 spiro atoms. The van der Waals surface area contributed by atoms with Crippen LogP contribution >= 0.6 is 0 Å². The SMILES string of the molecule is CC/C=C\C/C=C\C/C=C\C/C=C\C/C=C\C/C=C\C/C=C\CCCC(=O)OC(COCCCCCCCCC/C=C\C/C=C\C/C=C\C/C=C\CC)COC1OC(COC2OC(CO)C(O)C(O)C2O)C(O)C(O)C1O. The van der Waals surface area contributed by atoms with Crippen molar-refractivity contribution in [2.24, 2.45) is 0 Å². The summed E-state index contributed by atoms with van der Waals surface area (Å²) in [6.07, 6.45) is 52.2. The Morgan fingerprint density at radius 1 is 0.429 bits per heavy atom. The predicted molar refractivity (Wildman–Crippen MR) is 307 cm³/mol. The fraction of sp³-hybridized carbons (Fsp3) is 0.635. The number of ether oxygens (including phenoxy) is 6. The van der Waals surface area contributed by atoms with Gasteiger partial charge in [-0.15, -0.1) is 0 Å². The lowest BCUT2D eigenvalue weighted by Crippen LogP contribution is -2.61. The molecule has 0 amide bonds. The number of unbranched alkanes of at least 4 members (excludes halogenated alkanes) is 8. The molecule has 11 unspecified atom stereocenters. The maximum absolute atomic E-state index is 13.1. The van der Waals surface area contributed by atoms with Crippen molar-refractivity contribution in [1.29, 1.82) is 0 Å². The molecular weight excluding hydrogens is 981 g/mol. The van der Waals surface area contributed by atoms with Crippen LogP contribution in [0, 0.1) is 0 Å². The van der Waals surface area contributed by atoms with Gasteiger partial charge in [0.05, 0.1) is 26.4 Å². The van der Waals surface area contributed by atoms with Crippen LogP contribution < -0.4 is 0 Å².